The molecule has 100 valence electrons. The number of likely N-dealkylation sites (N-methyl/N-ethyl adjacent to an activating group) is 2. The topological polar surface area (TPSA) is 18.5 Å². The molecular formula is C14H22FN3. The molecule has 0 aromatic heterocycles. The maximum Gasteiger partial charge on any atom is 0.146 e. The highest BCUT2D eigenvalue weighted by molar-refractivity contribution is 5.49. The second-order valence-electron chi connectivity index (χ2n) is 5.10. The number of piperazine rings is 1. The monoisotopic (exact) mass is 251 g/mol. The third kappa shape index (κ3) is 2.65. The normalized spacial score (nSPS) is 25.4. The van der Waals surface area contributed by atoms with Gasteiger partial charge in [0.15, 0.2) is 0 Å². The Kier molecular flexibility index (Phi) is 4.19. The van der Waals surface area contributed by atoms with Crippen molar-refractivity contribution >= 4 is 5.69 Å². The maximum atomic E-state index is 13.9. The number of nitrogens with zero attached hydrogens (tertiary/aromatic N) is 2. The van der Waals surface area contributed by atoms with Gasteiger partial charge in [-0.2, -0.15) is 0 Å². The summed E-state index contributed by atoms with van der Waals surface area (Å²) in [6.45, 7) is 4.87. The fourth-order valence-corrected chi connectivity index (χ4v) is 2.57. The van der Waals surface area contributed by atoms with E-state index in [1.165, 1.54) is 6.07 Å². The zero-order chi connectivity index (χ0) is 13.1. The zero-order valence-electron chi connectivity index (χ0n) is 11.4. The predicted molar refractivity (Wildman–Crippen MR) is 73.6 cm³/mol. The molecule has 4 heteroatoms. The highest BCUT2D eigenvalue weighted by Gasteiger charge is 2.30. The van der Waals surface area contributed by atoms with Gasteiger partial charge in [0.1, 0.15) is 5.82 Å². The van der Waals surface area contributed by atoms with Crippen molar-refractivity contribution in [2.75, 3.05) is 38.6 Å². The molecule has 1 heterocycles. The molecule has 0 spiro atoms. The molecule has 1 N–H and O–H groups in total. The molecule has 2 rings (SSSR count). The number of nitrogens with one attached hydrogen (secondary N) is 1. The van der Waals surface area contributed by atoms with Crippen LogP contribution in [0.2, 0.25) is 0 Å². The van der Waals surface area contributed by atoms with Crippen molar-refractivity contribution in [3.8, 4) is 0 Å². The summed E-state index contributed by atoms with van der Waals surface area (Å²) in [5.41, 5.74) is 0.720. The Morgan fingerprint density at radius 3 is 2.72 bits per heavy atom. The van der Waals surface area contributed by atoms with Crippen LogP contribution in [0.4, 0.5) is 10.1 Å². The van der Waals surface area contributed by atoms with Gasteiger partial charge in [-0.3, -0.25) is 4.90 Å². The summed E-state index contributed by atoms with van der Waals surface area (Å²) in [6.07, 6.45) is 0. The molecule has 1 fully saturated rings. The minimum atomic E-state index is -0.129. The Labute approximate surface area is 109 Å². The van der Waals surface area contributed by atoms with E-state index >= 15 is 0 Å². The summed E-state index contributed by atoms with van der Waals surface area (Å²) in [5, 5.41) is 3.20. The molecule has 1 saturated heterocycles. The predicted octanol–water partition coefficient (Wildman–Crippen LogP) is 1.55. The van der Waals surface area contributed by atoms with Crippen LogP contribution in [-0.2, 0) is 0 Å². The first-order chi connectivity index (χ1) is 8.63. The maximum absolute atomic E-state index is 13.9. The van der Waals surface area contributed by atoms with Crippen LogP contribution >= 0.6 is 0 Å². The highest BCUT2D eigenvalue weighted by Crippen LogP contribution is 2.25. The summed E-state index contributed by atoms with van der Waals surface area (Å²) in [7, 11) is 4.07. The van der Waals surface area contributed by atoms with Gasteiger partial charge in [-0.05, 0) is 33.2 Å². The van der Waals surface area contributed by atoms with Gasteiger partial charge in [0, 0.05) is 25.7 Å². The van der Waals surface area contributed by atoms with Crippen molar-refractivity contribution in [3.05, 3.63) is 30.1 Å². The third-order valence-electron chi connectivity index (χ3n) is 3.75. The standard InChI is InChI=1S/C14H22FN3/c1-11-9-18(12(8-16-2)10-17(11)3)14-7-5-4-6-13(14)15/h4-7,11-12,16H,8-10H2,1-3H3. The van der Waals surface area contributed by atoms with Gasteiger partial charge in [0.2, 0.25) is 0 Å². The van der Waals surface area contributed by atoms with Gasteiger partial charge < -0.3 is 10.2 Å². The van der Waals surface area contributed by atoms with Gasteiger partial charge in [-0.25, -0.2) is 4.39 Å². The average molecular weight is 251 g/mol. The van der Waals surface area contributed by atoms with Crippen LogP contribution in [0.1, 0.15) is 6.92 Å². The lowest BCUT2D eigenvalue weighted by Gasteiger charge is -2.45. The molecule has 2 unspecified atom stereocenters. The summed E-state index contributed by atoms with van der Waals surface area (Å²) in [6, 6.07) is 7.81. The van der Waals surface area contributed by atoms with Crippen LogP contribution in [0.25, 0.3) is 0 Å². The Hall–Kier alpha value is -1.13. The molecule has 3 nitrogen and oxygen atoms in total. The van der Waals surface area contributed by atoms with Crippen molar-refractivity contribution in [2.45, 2.75) is 19.0 Å². The number of anilines is 1. The van der Waals surface area contributed by atoms with Crippen molar-refractivity contribution in [3.63, 3.8) is 0 Å². The molecular weight excluding hydrogens is 229 g/mol. The van der Waals surface area contributed by atoms with Gasteiger partial charge in [-0.1, -0.05) is 12.1 Å². The largest absolute Gasteiger partial charge is 0.362 e. The van der Waals surface area contributed by atoms with Crippen LogP contribution in [0.15, 0.2) is 24.3 Å². The van der Waals surface area contributed by atoms with Crippen LogP contribution in [-0.4, -0.2) is 50.7 Å². The number of hydrogen-bond acceptors (Lipinski definition) is 3. The lowest BCUT2D eigenvalue weighted by Crippen LogP contribution is -2.59. The summed E-state index contributed by atoms with van der Waals surface area (Å²) in [4.78, 5) is 4.52. The van der Waals surface area contributed by atoms with Crippen LogP contribution in [0, 0.1) is 5.82 Å². The first kappa shape index (κ1) is 13.3. The van der Waals surface area contributed by atoms with E-state index in [0.29, 0.717) is 12.1 Å². The quantitative estimate of drug-likeness (QED) is 0.879. The minimum Gasteiger partial charge on any atom is -0.362 e. The molecule has 2 atom stereocenters. The van der Waals surface area contributed by atoms with Crippen LogP contribution in [0.5, 0.6) is 0 Å². The SMILES string of the molecule is CNCC1CN(C)C(C)CN1c1ccccc1F. The second kappa shape index (κ2) is 5.67. The van der Waals surface area contributed by atoms with Gasteiger partial charge in [0.05, 0.1) is 11.7 Å². The molecule has 1 aliphatic rings. The molecule has 0 saturated carbocycles. The Morgan fingerprint density at radius 1 is 1.33 bits per heavy atom. The third-order valence-corrected chi connectivity index (χ3v) is 3.75. The lowest BCUT2D eigenvalue weighted by molar-refractivity contribution is 0.198. The summed E-state index contributed by atoms with van der Waals surface area (Å²) in [5.74, 6) is -0.129. The van der Waals surface area contributed by atoms with E-state index < -0.39 is 0 Å². The van der Waals surface area contributed by atoms with E-state index in [9.17, 15) is 4.39 Å². The first-order valence-corrected chi connectivity index (χ1v) is 6.49. The molecule has 1 aromatic rings. The number of halogens is 1. The fraction of sp³-hybridized carbons (Fsp3) is 0.571. The van der Waals surface area contributed by atoms with Crippen LogP contribution in [0.3, 0.4) is 0 Å². The molecule has 1 aliphatic heterocycles. The summed E-state index contributed by atoms with van der Waals surface area (Å²) < 4.78 is 13.9. The lowest BCUT2D eigenvalue weighted by atomic mass is 10.1. The second-order valence-corrected chi connectivity index (χ2v) is 5.10. The molecule has 18 heavy (non-hydrogen) atoms. The van der Waals surface area contributed by atoms with Gasteiger partial charge >= 0.3 is 0 Å². The Bertz CT molecular complexity index is 396. The minimum absolute atomic E-state index is 0.129. The van der Waals surface area contributed by atoms with E-state index in [2.05, 4.69) is 29.1 Å². The van der Waals surface area contributed by atoms with Crippen LogP contribution < -0.4 is 10.2 Å². The number of hydrogen-bond donors (Lipinski definition) is 1. The van der Waals surface area contributed by atoms with E-state index in [0.717, 1.165) is 25.3 Å². The van der Waals surface area contributed by atoms with Crippen molar-refractivity contribution in [1.82, 2.24) is 10.2 Å². The number of para-hydroxylation sites is 1. The van der Waals surface area contributed by atoms with Gasteiger partial charge in [-0.15, -0.1) is 0 Å². The van der Waals surface area contributed by atoms with Crippen molar-refractivity contribution < 1.29 is 4.39 Å². The molecule has 1 aromatic carbocycles. The van der Waals surface area contributed by atoms with E-state index in [4.69, 9.17) is 0 Å². The van der Waals surface area contributed by atoms with Crippen molar-refractivity contribution in [2.24, 2.45) is 0 Å². The molecule has 0 bridgehead atoms. The molecule has 0 radical (unpaired) electrons. The number of rotatable bonds is 3. The van der Waals surface area contributed by atoms with Gasteiger partial charge in [0.25, 0.3) is 0 Å². The highest BCUT2D eigenvalue weighted by atomic mass is 19.1. The number of benzene rings is 1. The zero-order valence-corrected chi connectivity index (χ0v) is 11.4. The van der Waals surface area contributed by atoms with E-state index in [1.54, 1.807) is 6.07 Å². The van der Waals surface area contributed by atoms with E-state index in [1.807, 2.05) is 19.2 Å². The van der Waals surface area contributed by atoms with E-state index in [-0.39, 0.29) is 5.82 Å². The smallest absolute Gasteiger partial charge is 0.146 e. The van der Waals surface area contributed by atoms with Crippen molar-refractivity contribution in [1.29, 1.82) is 0 Å². The summed E-state index contributed by atoms with van der Waals surface area (Å²) >= 11 is 0. The first-order valence-electron chi connectivity index (χ1n) is 6.49. The molecule has 0 amide bonds. The Morgan fingerprint density at radius 2 is 2.06 bits per heavy atom. The fourth-order valence-electron chi connectivity index (χ4n) is 2.57. The molecule has 0 aliphatic carbocycles. The average Bonchev–Trinajstić information content (AvgIpc) is 2.35. The Balaban J connectivity index is 2.25.